The first kappa shape index (κ1) is 31.1. The van der Waals surface area contributed by atoms with Crippen molar-refractivity contribution < 1.29 is 20.1 Å². The first-order chi connectivity index (χ1) is 22.3. The summed E-state index contributed by atoms with van der Waals surface area (Å²) < 4.78 is 0. The molecule has 4 aromatic carbocycles. The molecule has 7 aromatic rings. The monoisotopic (exact) mass is 820 g/mol. The van der Waals surface area contributed by atoms with Gasteiger partial charge in [0.1, 0.15) is 0 Å². The first-order valence-electron chi connectivity index (χ1n) is 15.7. The predicted octanol–water partition coefficient (Wildman–Crippen LogP) is 6.54. The summed E-state index contributed by atoms with van der Waals surface area (Å²) in [5.74, 6) is 0.691. The van der Waals surface area contributed by atoms with Gasteiger partial charge in [-0.25, -0.2) is 0 Å². The number of anilines is 3. The summed E-state index contributed by atoms with van der Waals surface area (Å²) in [6.07, 6.45) is 3.63. The molecule has 0 aliphatic carbocycles. The van der Waals surface area contributed by atoms with Crippen LogP contribution in [0.1, 0.15) is 0 Å². The molecular weight excluding hydrogens is 787 g/mol. The Kier molecular flexibility index (Phi) is 7.93. The van der Waals surface area contributed by atoms with Crippen LogP contribution in [0.25, 0.3) is 33.8 Å². The molecule has 0 saturated carbocycles. The van der Waals surface area contributed by atoms with Gasteiger partial charge in [-0.3, -0.25) is 4.98 Å². The van der Waals surface area contributed by atoms with Crippen molar-refractivity contribution >= 4 is 65.0 Å². The number of hydrogen-bond donors (Lipinski definition) is 0. The zero-order chi connectivity index (χ0) is 31.5. The van der Waals surface area contributed by atoms with Crippen LogP contribution in [-0.2, 0) is 20.1 Å². The van der Waals surface area contributed by atoms with Crippen molar-refractivity contribution in [3.63, 3.8) is 0 Å². The normalized spacial score (nSPS) is 14.5. The van der Waals surface area contributed by atoms with Gasteiger partial charge in [-0.1, -0.05) is 105 Å². The molecule has 0 spiro atoms. The minimum Gasteiger partial charge on any atom is -0.434 e. The van der Waals surface area contributed by atoms with E-state index in [-0.39, 0.29) is 20.1 Å². The average molecular weight is 820 g/mol. The topological polar surface area (TPSA) is 56.0 Å². The van der Waals surface area contributed by atoms with Gasteiger partial charge in [0.25, 0.3) is 0 Å². The largest absolute Gasteiger partial charge is 0.434 e. The van der Waals surface area contributed by atoms with Gasteiger partial charge in [0.2, 0.25) is 0 Å². The summed E-state index contributed by atoms with van der Waals surface area (Å²) in [5.41, 5.74) is 8.90. The number of aromatic nitrogens is 4. The molecule has 233 valence electrons. The molecule has 1 radical (unpaired) electrons. The minimum absolute atomic E-state index is 0. The van der Waals surface area contributed by atoms with Gasteiger partial charge in [0.15, 0.2) is 0 Å². The van der Waals surface area contributed by atoms with E-state index in [2.05, 4.69) is 124 Å². The quantitative estimate of drug-likeness (QED) is 0.147. The van der Waals surface area contributed by atoms with Crippen molar-refractivity contribution in [1.29, 1.82) is 0 Å². The number of pyridine rings is 2. The third-order valence-electron chi connectivity index (χ3n) is 9.37. The molecule has 8 heteroatoms. The second-order valence-corrected chi connectivity index (χ2v) is 21.5. The van der Waals surface area contributed by atoms with E-state index in [0.29, 0.717) is 5.82 Å². The molecule has 0 unspecified atom stereocenters. The van der Waals surface area contributed by atoms with E-state index in [1.54, 1.807) is 6.20 Å². The van der Waals surface area contributed by atoms with E-state index in [4.69, 9.17) is 0 Å². The summed E-state index contributed by atoms with van der Waals surface area (Å²) in [6.45, 7) is 9.95. The molecule has 0 fully saturated rings. The fourth-order valence-electron chi connectivity index (χ4n) is 6.96. The van der Waals surface area contributed by atoms with Gasteiger partial charge in [-0.2, -0.15) is 0 Å². The second-order valence-electron chi connectivity index (χ2n) is 12.9. The van der Waals surface area contributed by atoms with Gasteiger partial charge < -0.3 is 19.9 Å². The smallest absolute Gasteiger partial charge is 0.0975 e. The zero-order valence-electron chi connectivity index (χ0n) is 26.7. The Morgan fingerprint density at radius 3 is 1.83 bits per heavy atom. The van der Waals surface area contributed by atoms with Crippen LogP contribution >= 0.6 is 0 Å². The summed E-state index contributed by atoms with van der Waals surface area (Å²) in [5, 5.41) is 5.91. The van der Waals surface area contributed by atoms with Crippen molar-refractivity contribution in [3.8, 4) is 22.8 Å². The number of fused-ring (bicyclic) bond motifs is 5. The van der Waals surface area contributed by atoms with Crippen LogP contribution < -0.4 is 30.6 Å². The Morgan fingerprint density at radius 2 is 1.19 bits per heavy atom. The van der Waals surface area contributed by atoms with E-state index in [9.17, 15) is 0 Å². The third kappa shape index (κ3) is 5.13. The average Bonchev–Trinajstić information content (AvgIpc) is 3.54. The number of para-hydroxylation sites is 4. The van der Waals surface area contributed by atoms with Gasteiger partial charge in [-0.05, 0) is 68.9 Å². The fourth-order valence-corrected chi connectivity index (χ4v) is 13.0. The molecule has 0 bridgehead atoms. The summed E-state index contributed by atoms with van der Waals surface area (Å²) in [4.78, 5) is 20.3. The van der Waals surface area contributed by atoms with Gasteiger partial charge in [-0.15, -0.1) is 28.1 Å². The van der Waals surface area contributed by atoms with Gasteiger partial charge in [0, 0.05) is 43.9 Å². The third-order valence-corrected chi connectivity index (χ3v) is 16.2. The van der Waals surface area contributed by atoms with Crippen LogP contribution in [0.15, 0.2) is 128 Å². The number of hydrogen-bond acceptors (Lipinski definition) is 4. The van der Waals surface area contributed by atoms with Crippen LogP contribution in [0.3, 0.4) is 0 Å². The van der Waals surface area contributed by atoms with E-state index in [1.807, 2.05) is 54.7 Å². The van der Waals surface area contributed by atoms with Crippen molar-refractivity contribution in [3.05, 3.63) is 134 Å². The molecule has 5 nitrogen and oxygen atoms in total. The van der Waals surface area contributed by atoms with Crippen LogP contribution in [0.2, 0.25) is 26.2 Å². The molecule has 0 atom stereocenters. The number of imidazole rings is 1. The molecule has 5 heterocycles. The molecule has 47 heavy (non-hydrogen) atoms. The molecule has 2 aliphatic rings. The predicted molar refractivity (Wildman–Crippen MR) is 195 cm³/mol. The van der Waals surface area contributed by atoms with Crippen molar-refractivity contribution in [2.45, 2.75) is 26.2 Å². The number of nitrogens with zero attached hydrogens (tertiary/aromatic N) is 5. The summed E-state index contributed by atoms with van der Waals surface area (Å²) in [6, 6.07) is 44.1. The molecule has 2 aliphatic heterocycles. The van der Waals surface area contributed by atoms with Crippen LogP contribution in [-0.4, -0.2) is 31.1 Å². The van der Waals surface area contributed by atoms with E-state index < -0.39 is 16.1 Å². The van der Waals surface area contributed by atoms with Crippen molar-refractivity contribution in [2.24, 2.45) is 0 Å². The SMILES string of the molecule is C[Si]1(C)c2[c-]c(-c3ccccn3)cc3c2N(c2ccccc21)c1ccccc1[Si]3(C)C.[Ir].c1ccc(-c2nc3ccccc3[n-]2)nc1. The molecule has 0 saturated heterocycles. The van der Waals surface area contributed by atoms with Crippen LogP contribution in [0.5, 0.6) is 0 Å². The Balaban J connectivity index is 0.000000184. The summed E-state index contributed by atoms with van der Waals surface area (Å²) >= 11 is 0. The maximum absolute atomic E-state index is 4.68. The van der Waals surface area contributed by atoms with Gasteiger partial charge in [0.05, 0.1) is 21.8 Å². The minimum atomic E-state index is -1.94. The first-order valence-corrected chi connectivity index (χ1v) is 21.7. The van der Waals surface area contributed by atoms with E-state index >= 15 is 0 Å². The molecule has 9 rings (SSSR count). The van der Waals surface area contributed by atoms with Crippen molar-refractivity contribution in [2.75, 3.05) is 4.90 Å². The molecule has 3 aromatic heterocycles. The van der Waals surface area contributed by atoms with Crippen LogP contribution in [0, 0.1) is 6.07 Å². The second kappa shape index (κ2) is 12.0. The Morgan fingerprint density at radius 1 is 0.617 bits per heavy atom. The Hall–Kier alpha value is -4.47. The molecular formula is C39H33IrN5Si2-2. The maximum Gasteiger partial charge on any atom is 0.0975 e. The number of benzene rings is 4. The summed E-state index contributed by atoms with van der Waals surface area (Å²) in [7, 11) is -3.84. The van der Waals surface area contributed by atoms with E-state index in [1.165, 1.54) is 37.8 Å². The number of rotatable bonds is 2. The van der Waals surface area contributed by atoms with Crippen molar-refractivity contribution in [1.82, 2.24) is 19.9 Å². The molecule has 0 amide bonds. The fraction of sp³-hybridized carbons (Fsp3) is 0.103. The Bertz CT molecular complexity index is 2120. The molecule has 0 N–H and O–H groups in total. The standard InChI is InChI=1S/C27H25N2Si2.C12H8N3.Ir/c1-30(2)23-14-7-5-12-21(23)29-22-13-6-8-15-24(22)31(3,4)26-18-19(17-25(30)27(26)29)20-11-9-10-16-28-20;1-2-6-10-9(5-1)14-12(15-10)11-7-3-4-8-13-11;/h5-17H,1-4H3;1-8H;/q2*-1;. The maximum atomic E-state index is 4.68. The van der Waals surface area contributed by atoms with E-state index in [0.717, 1.165) is 28.0 Å². The van der Waals surface area contributed by atoms with Gasteiger partial charge >= 0.3 is 0 Å². The van der Waals surface area contributed by atoms with Crippen LogP contribution in [0.4, 0.5) is 17.1 Å². The Labute approximate surface area is 291 Å². The zero-order valence-corrected chi connectivity index (χ0v) is 31.1.